The van der Waals surface area contributed by atoms with E-state index in [0.29, 0.717) is 30.1 Å². The number of imidazole rings is 1. The van der Waals surface area contributed by atoms with E-state index in [1.54, 1.807) is 39.7 Å². The van der Waals surface area contributed by atoms with Gasteiger partial charge in [0, 0.05) is 26.8 Å². The Morgan fingerprint density at radius 2 is 1.89 bits per heavy atom. The first-order valence-corrected chi connectivity index (χ1v) is 13.3. The van der Waals surface area contributed by atoms with Crippen LogP contribution in [0.4, 0.5) is 0 Å². The Morgan fingerprint density at radius 3 is 2.54 bits per heavy atom. The van der Waals surface area contributed by atoms with Crippen LogP contribution in [-0.4, -0.2) is 38.9 Å². The van der Waals surface area contributed by atoms with Gasteiger partial charge in [0.15, 0.2) is 11.2 Å². The predicted molar refractivity (Wildman–Crippen MR) is 113 cm³/mol. The minimum Gasteiger partial charge on any atom is -0.508 e. The molecule has 0 fully saturated rings. The molecule has 3 rings (SSSR count). The van der Waals surface area contributed by atoms with Gasteiger partial charge in [-0.05, 0) is 36.7 Å². The molecule has 0 aliphatic heterocycles. The van der Waals surface area contributed by atoms with Crippen molar-refractivity contribution in [1.29, 1.82) is 0 Å². The number of phenolic OH excluding ortho intramolecular Hbond substituents is 1. The van der Waals surface area contributed by atoms with Gasteiger partial charge in [0.1, 0.15) is 24.6 Å². The molecule has 0 saturated heterocycles. The molecule has 0 bridgehead atoms. The van der Waals surface area contributed by atoms with Crippen molar-refractivity contribution in [3.05, 3.63) is 40.9 Å². The maximum absolute atomic E-state index is 13.0. The lowest BCUT2D eigenvalue weighted by Gasteiger charge is -2.16. The molecule has 0 spiro atoms. The first kappa shape index (κ1) is 20.3. The largest absolute Gasteiger partial charge is 0.508 e. The van der Waals surface area contributed by atoms with Crippen LogP contribution < -0.4 is 5.56 Å². The molecule has 0 aliphatic carbocycles. The molecule has 28 heavy (non-hydrogen) atoms. The van der Waals surface area contributed by atoms with E-state index in [9.17, 15) is 9.90 Å². The highest BCUT2D eigenvalue weighted by Gasteiger charge is 2.19. The Hall–Kier alpha value is -2.45. The van der Waals surface area contributed by atoms with Crippen LogP contribution in [0.3, 0.4) is 0 Å². The zero-order valence-electron chi connectivity index (χ0n) is 17.0. The van der Waals surface area contributed by atoms with Gasteiger partial charge in [0.25, 0.3) is 5.56 Å². The zero-order chi connectivity index (χ0) is 20.3. The minimum absolute atomic E-state index is 0.113. The second-order valence-corrected chi connectivity index (χ2v) is 13.8. The summed E-state index contributed by atoms with van der Waals surface area (Å²) >= 11 is 0. The summed E-state index contributed by atoms with van der Waals surface area (Å²) in [6, 6.07) is 7.81. The SMILES string of the molecule is CCCn1cnc2nc(-c3ccc(O)cc3)n(COCC[Si](C)(C)C)c2c1=O. The fourth-order valence-corrected chi connectivity index (χ4v) is 3.70. The minimum atomic E-state index is -1.20. The van der Waals surface area contributed by atoms with Gasteiger partial charge in [0.2, 0.25) is 0 Å². The van der Waals surface area contributed by atoms with Crippen LogP contribution in [0.2, 0.25) is 25.7 Å². The van der Waals surface area contributed by atoms with Gasteiger partial charge >= 0.3 is 0 Å². The lowest BCUT2D eigenvalue weighted by Crippen LogP contribution is -2.24. The number of hydrogen-bond acceptors (Lipinski definition) is 5. The van der Waals surface area contributed by atoms with Crippen molar-refractivity contribution in [3.63, 3.8) is 0 Å². The molecule has 7 nitrogen and oxygen atoms in total. The standard InChI is InChI=1S/C20H28N4O3Si/c1-5-10-23-13-21-18-17(20(23)26)24(14-27-11-12-28(2,3)4)19(22-18)15-6-8-16(25)9-7-15/h6-9,13,25H,5,10-12,14H2,1-4H3. The van der Waals surface area contributed by atoms with E-state index in [0.717, 1.165) is 18.0 Å². The summed E-state index contributed by atoms with van der Waals surface area (Å²) in [7, 11) is -1.20. The van der Waals surface area contributed by atoms with E-state index in [1.165, 1.54) is 0 Å². The van der Waals surface area contributed by atoms with Crippen LogP contribution in [0.25, 0.3) is 22.6 Å². The van der Waals surface area contributed by atoms with Crippen LogP contribution >= 0.6 is 0 Å². The number of ether oxygens (including phenoxy) is 1. The highest BCUT2D eigenvalue weighted by molar-refractivity contribution is 6.76. The maximum atomic E-state index is 13.0. The van der Waals surface area contributed by atoms with E-state index in [1.807, 2.05) is 6.92 Å². The third-order valence-corrected chi connectivity index (χ3v) is 6.24. The highest BCUT2D eigenvalue weighted by atomic mass is 28.3. The van der Waals surface area contributed by atoms with Crippen molar-refractivity contribution < 1.29 is 9.84 Å². The Balaban J connectivity index is 2.04. The number of hydrogen-bond donors (Lipinski definition) is 1. The van der Waals surface area contributed by atoms with Crippen LogP contribution in [0.1, 0.15) is 13.3 Å². The van der Waals surface area contributed by atoms with Gasteiger partial charge in [-0.15, -0.1) is 0 Å². The lowest BCUT2D eigenvalue weighted by atomic mass is 10.2. The van der Waals surface area contributed by atoms with E-state index >= 15 is 0 Å². The van der Waals surface area contributed by atoms with Gasteiger partial charge in [0.05, 0.1) is 0 Å². The third-order valence-electron chi connectivity index (χ3n) is 4.54. The van der Waals surface area contributed by atoms with Gasteiger partial charge in [-0.2, -0.15) is 0 Å². The quantitative estimate of drug-likeness (QED) is 0.461. The lowest BCUT2D eigenvalue weighted by molar-refractivity contribution is 0.0908. The molecule has 1 aromatic carbocycles. The second kappa shape index (κ2) is 8.28. The number of aryl methyl sites for hydroxylation is 1. The molecule has 0 saturated carbocycles. The fraction of sp³-hybridized carbons (Fsp3) is 0.450. The van der Waals surface area contributed by atoms with Crippen molar-refractivity contribution in [3.8, 4) is 17.1 Å². The van der Waals surface area contributed by atoms with Gasteiger partial charge < -0.3 is 9.84 Å². The van der Waals surface area contributed by atoms with E-state index in [4.69, 9.17) is 4.74 Å². The van der Waals surface area contributed by atoms with Crippen LogP contribution in [0, 0.1) is 0 Å². The van der Waals surface area contributed by atoms with E-state index in [2.05, 4.69) is 29.6 Å². The summed E-state index contributed by atoms with van der Waals surface area (Å²) in [6.45, 7) is 10.4. The fourth-order valence-electron chi connectivity index (χ4n) is 2.95. The molecule has 150 valence electrons. The van der Waals surface area contributed by atoms with Gasteiger partial charge in [-0.3, -0.25) is 13.9 Å². The number of aromatic hydroxyl groups is 1. The summed E-state index contributed by atoms with van der Waals surface area (Å²) in [4.78, 5) is 22.0. The summed E-state index contributed by atoms with van der Waals surface area (Å²) in [6.07, 6.45) is 2.40. The zero-order valence-corrected chi connectivity index (χ0v) is 18.0. The maximum Gasteiger partial charge on any atom is 0.279 e. The second-order valence-electron chi connectivity index (χ2n) is 8.17. The molecule has 0 atom stereocenters. The number of rotatable bonds is 8. The topological polar surface area (TPSA) is 82.2 Å². The number of fused-ring (bicyclic) bond motifs is 1. The summed E-state index contributed by atoms with van der Waals surface area (Å²) in [5.41, 5.74) is 1.55. The van der Waals surface area contributed by atoms with Gasteiger partial charge in [-0.25, -0.2) is 9.97 Å². The molecule has 1 N–H and O–H groups in total. The number of phenols is 1. The van der Waals surface area contributed by atoms with Crippen molar-refractivity contribution in [2.24, 2.45) is 0 Å². The molecule has 0 aliphatic rings. The van der Waals surface area contributed by atoms with Crippen LogP contribution in [0.5, 0.6) is 5.75 Å². The molecule has 0 unspecified atom stereocenters. The van der Waals surface area contributed by atoms with Crippen LogP contribution in [-0.2, 0) is 18.0 Å². The average Bonchev–Trinajstić information content (AvgIpc) is 3.00. The smallest absolute Gasteiger partial charge is 0.279 e. The molecular formula is C20H28N4O3Si. The number of nitrogens with zero attached hydrogens (tertiary/aromatic N) is 4. The molecule has 0 radical (unpaired) electrons. The predicted octanol–water partition coefficient (Wildman–Crippen LogP) is 3.69. The summed E-state index contributed by atoms with van der Waals surface area (Å²) < 4.78 is 9.35. The molecule has 2 aromatic heterocycles. The normalized spacial score (nSPS) is 12.0. The summed E-state index contributed by atoms with van der Waals surface area (Å²) in [5, 5.41) is 9.59. The molecule has 3 aromatic rings. The Morgan fingerprint density at radius 1 is 1.18 bits per heavy atom. The Bertz CT molecular complexity index is 1000. The van der Waals surface area contributed by atoms with Gasteiger partial charge in [-0.1, -0.05) is 26.6 Å². The number of aromatic nitrogens is 4. The molecule has 2 heterocycles. The van der Waals surface area contributed by atoms with E-state index in [-0.39, 0.29) is 18.0 Å². The highest BCUT2D eigenvalue weighted by Crippen LogP contribution is 2.24. The third kappa shape index (κ3) is 4.51. The van der Waals surface area contributed by atoms with Crippen molar-refractivity contribution >= 4 is 19.2 Å². The van der Waals surface area contributed by atoms with Crippen molar-refractivity contribution in [2.75, 3.05) is 6.61 Å². The molecular weight excluding hydrogens is 372 g/mol. The van der Waals surface area contributed by atoms with Crippen molar-refractivity contribution in [2.45, 2.75) is 52.3 Å². The monoisotopic (exact) mass is 400 g/mol. The van der Waals surface area contributed by atoms with E-state index < -0.39 is 8.07 Å². The first-order valence-electron chi connectivity index (χ1n) is 9.63. The van der Waals surface area contributed by atoms with Crippen molar-refractivity contribution in [1.82, 2.24) is 19.1 Å². The Labute approximate surface area is 165 Å². The summed E-state index contributed by atoms with van der Waals surface area (Å²) in [5.74, 6) is 0.795. The van der Waals surface area contributed by atoms with Crippen LogP contribution in [0.15, 0.2) is 35.4 Å². The first-order chi connectivity index (χ1) is 13.3. The molecule has 0 amide bonds. The average molecular weight is 401 g/mol. The molecule has 8 heteroatoms. The Kier molecular flexibility index (Phi) is 6.00. The number of benzene rings is 1.